The molecule has 0 atom stereocenters. The number of benzene rings is 2. The molecule has 2 aromatic rings. The Kier molecular flexibility index (Phi) is 5.51. The van der Waals surface area contributed by atoms with Gasteiger partial charge in [0.05, 0.1) is 16.3 Å². The number of urea groups is 1. The monoisotopic (exact) mass is 376 g/mol. The van der Waals surface area contributed by atoms with Crippen molar-refractivity contribution in [3.8, 4) is 5.75 Å². The number of nitrogens with zero attached hydrogens (tertiary/aromatic N) is 1. The van der Waals surface area contributed by atoms with E-state index < -0.39 is 17.8 Å². The Hall–Kier alpha value is -2.06. The summed E-state index contributed by atoms with van der Waals surface area (Å²) in [6.07, 6.45) is -4.40. The van der Waals surface area contributed by atoms with Crippen LogP contribution in [0, 0.1) is 0 Å². The van der Waals surface area contributed by atoms with Crippen molar-refractivity contribution in [2.24, 2.45) is 0 Å². The van der Waals surface area contributed by atoms with Crippen LogP contribution < -0.4 is 9.62 Å². The summed E-state index contributed by atoms with van der Waals surface area (Å²) < 4.78 is 38.4. The van der Waals surface area contributed by atoms with Gasteiger partial charge in [-0.05, 0) is 35.9 Å². The van der Waals surface area contributed by atoms with Crippen molar-refractivity contribution in [2.45, 2.75) is 12.7 Å². The lowest BCUT2D eigenvalue weighted by Gasteiger charge is -2.17. The van der Waals surface area contributed by atoms with Crippen molar-refractivity contribution in [2.75, 3.05) is 4.31 Å². The number of phenols is 1. The SMILES string of the molecule is O=C(NCc1ccc(C(F)(F)F)cc1)N(S)c1ccc(O)c(Cl)c1. The Labute approximate surface area is 146 Å². The number of nitrogens with one attached hydrogen (secondary N) is 1. The third-order valence-electron chi connectivity index (χ3n) is 3.09. The minimum Gasteiger partial charge on any atom is -0.506 e. The van der Waals surface area contributed by atoms with E-state index in [9.17, 15) is 23.1 Å². The fourth-order valence-electron chi connectivity index (χ4n) is 1.81. The molecule has 9 heteroatoms. The average molecular weight is 377 g/mol. The maximum absolute atomic E-state index is 12.5. The standard InChI is InChI=1S/C15H12ClF3N2O2S/c16-12-7-11(5-6-13(12)22)21(24)14(23)20-8-9-1-3-10(4-2-9)15(17,18)19/h1-7,22,24H,8H2,(H,20,23). The maximum Gasteiger partial charge on any atom is 0.416 e. The summed E-state index contributed by atoms with van der Waals surface area (Å²) in [6.45, 7) is 0.0276. The van der Waals surface area contributed by atoms with Gasteiger partial charge in [0, 0.05) is 6.54 Å². The van der Waals surface area contributed by atoms with Gasteiger partial charge in [-0.15, -0.1) is 0 Å². The van der Waals surface area contributed by atoms with Crippen LogP contribution in [0.2, 0.25) is 5.02 Å². The van der Waals surface area contributed by atoms with Crippen molar-refractivity contribution in [3.05, 3.63) is 58.6 Å². The molecule has 2 amide bonds. The number of hydrogen-bond donors (Lipinski definition) is 3. The molecule has 0 aromatic heterocycles. The van der Waals surface area contributed by atoms with Gasteiger partial charge in [0.25, 0.3) is 0 Å². The van der Waals surface area contributed by atoms with Gasteiger partial charge in [-0.1, -0.05) is 36.5 Å². The molecule has 0 aliphatic carbocycles. The van der Waals surface area contributed by atoms with E-state index in [2.05, 4.69) is 18.1 Å². The van der Waals surface area contributed by atoms with Gasteiger partial charge >= 0.3 is 12.2 Å². The van der Waals surface area contributed by atoms with Crippen LogP contribution in [0.15, 0.2) is 42.5 Å². The second kappa shape index (κ2) is 7.23. The molecular formula is C15H12ClF3N2O2S. The van der Waals surface area contributed by atoms with E-state index >= 15 is 0 Å². The zero-order chi connectivity index (χ0) is 17.9. The minimum absolute atomic E-state index is 0.0276. The number of thiol groups is 1. The second-order valence-electron chi connectivity index (χ2n) is 4.80. The lowest BCUT2D eigenvalue weighted by atomic mass is 10.1. The fraction of sp³-hybridized carbons (Fsp3) is 0.133. The Morgan fingerprint density at radius 3 is 2.38 bits per heavy atom. The molecule has 0 bridgehead atoms. The van der Waals surface area contributed by atoms with Crippen LogP contribution in [0.4, 0.5) is 23.7 Å². The van der Waals surface area contributed by atoms with E-state index in [1.807, 2.05) is 0 Å². The number of alkyl halides is 3. The zero-order valence-corrected chi connectivity index (χ0v) is 13.7. The van der Waals surface area contributed by atoms with E-state index in [4.69, 9.17) is 11.6 Å². The van der Waals surface area contributed by atoms with Crippen LogP contribution in [-0.2, 0) is 12.7 Å². The van der Waals surface area contributed by atoms with Crippen LogP contribution in [0.25, 0.3) is 0 Å². The number of halogens is 4. The summed E-state index contributed by atoms with van der Waals surface area (Å²) in [6, 6.07) is 7.95. The maximum atomic E-state index is 12.5. The number of carbonyl (C=O) groups is 1. The van der Waals surface area contributed by atoms with Crippen LogP contribution in [0.5, 0.6) is 5.75 Å². The van der Waals surface area contributed by atoms with Crippen molar-refractivity contribution in [1.82, 2.24) is 5.32 Å². The number of hydrogen-bond acceptors (Lipinski definition) is 3. The van der Waals surface area contributed by atoms with Crippen molar-refractivity contribution >= 4 is 36.1 Å². The van der Waals surface area contributed by atoms with Gasteiger partial charge in [-0.2, -0.15) is 13.2 Å². The lowest BCUT2D eigenvalue weighted by molar-refractivity contribution is -0.137. The van der Waals surface area contributed by atoms with Gasteiger partial charge in [0.1, 0.15) is 5.75 Å². The number of aromatic hydroxyl groups is 1. The first-order chi connectivity index (χ1) is 11.2. The zero-order valence-electron chi connectivity index (χ0n) is 12.0. The van der Waals surface area contributed by atoms with Crippen molar-refractivity contribution in [3.63, 3.8) is 0 Å². The molecule has 0 saturated carbocycles. The van der Waals surface area contributed by atoms with E-state index in [0.29, 0.717) is 11.3 Å². The highest BCUT2D eigenvalue weighted by molar-refractivity contribution is 7.82. The van der Waals surface area contributed by atoms with Crippen LogP contribution in [0.3, 0.4) is 0 Å². The Balaban J connectivity index is 1.98. The summed E-state index contributed by atoms with van der Waals surface area (Å²) in [5.74, 6) is -0.132. The second-order valence-corrected chi connectivity index (χ2v) is 5.61. The number of phenolic OH excluding ortho intramolecular Hbond substituents is 1. The fourth-order valence-corrected chi connectivity index (χ4v) is 2.18. The molecule has 24 heavy (non-hydrogen) atoms. The van der Waals surface area contributed by atoms with Gasteiger partial charge in [-0.25, -0.2) is 9.10 Å². The summed E-state index contributed by atoms with van der Waals surface area (Å²) in [7, 11) is 0. The first-order valence-corrected chi connectivity index (χ1v) is 7.38. The van der Waals surface area contributed by atoms with E-state index in [1.54, 1.807) is 0 Å². The van der Waals surface area contributed by atoms with E-state index in [1.165, 1.54) is 30.3 Å². The lowest BCUT2D eigenvalue weighted by Crippen LogP contribution is -2.33. The average Bonchev–Trinajstić information content (AvgIpc) is 2.54. The topological polar surface area (TPSA) is 52.6 Å². The largest absolute Gasteiger partial charge is 0.506 e. The van der Waals surface area contributed by atoms with Crippen LogP contribution in [0.1, 0.15) is 11.1 Å². The number of carbonyl (C=O) groups excluding carboxylic acids is 1. The molecule has 0 aliphatic rings. The molecule has 0 radical (unpaired) electrons. The molecular weight excluding hydrogens is 365 g/mol. The number of rotatable bonds is 3. The van der Waals surface area contributed by atoms with Crippen LogP contribution >= 0.6 is 24.4 Å². The normalized spacial score (nSPS) is 11.2. The minimum atomic E-state index is -4.40. The first kappa shape index (κ1) is 18.3. The predicted molar refractivity (Wildman–Crippen MR) is 88.3 cm³/mol. The van der Waals surface area contributed by atoms with Gasteiger partial charge in [0.2, 0.25) is 0 Å². The molecule has 4 nitrogen and oxygen atoms in total. The third kappa shape index (κ3) is 4.48. The third-order valence-corrected chi connectivity index (χ3v) is 3.81. The molecule has 0 fully saturated rings. The summed E-state index contributed by atoms with van der Waals surface area (Å²) in [5.41, 5.74) is 0.0695. The van der Waals surface area contributed by atoms with Gasteiger partial charge < -0.3 is 10.4 Å². The van der Waals surface area contributed by atoms with Crippen LogP contribution in [-0.4, -0.2) is 11.1 Å². The van der Waals surface area contributed by atoms with Gasteiger partial charge in [0.15, 0.2) is 0 Å². The highest BCUT2D eigenvalue weighted by Gasteiger charge is 2.29. The Bertz CT molecular complexity index is 738. The van der Waals surface area contributed by atoms with Gasteiger partial charge in [-0.3, -0.25) is 0 Å². The molecule has 0 heterocycles. The molecule has 0 unspecified atom stereocenters. The first-order valence-electron chi connectivity index (χ1n) is 6.60. The van der Waals surface area contributed by atoms with E-state index in [0.717, 1.165) is 16.4 Å². The Morgan fingerprint density at radius 1 is 1.21 bits per heavy atom. The molecule has 128 valence electrons. The Morgan fingerprint density at radius 2 is 1.83 bits per heavy atom. The summed E-state index contributed by atoms with van der Waals surface area (Å²) >= 11 is 9.78. The van der Waals surface area contributed by atoms with Crippen molar-refractivity contribution < 1.29 is 23.1 Å². The molecule has 0 aliphatic heterocycles. The number of anilines is 1. The molecule has 2 N–H and O–H groups in total. The molecule has 0 saturated heterocycles. The predicted octanol–water partition coefficient (Wildman–Crippen LogP) is 4.63. The molecule has 2 rings (SSSR count). The summed E-state index contributed by atoms with van der Waals surface area (Å²) in [4.78, 5) is 12.0. The summed E-state index contributed by atoms with van der Waals surface area (Å²) in [5, 5.41) is 11.9. The smallest absolute Gasteiger partial charge is 0.416 e. The quantitative estimate of drug-likeness (QED) is 0.684. The highest BCUT2D eigenvalue weighted by atomic mass is 35.5. The molecule has 0 spiro atoms. The van der Waals surface area contributed by atoms with E-state index in [-0.39, 0.29) is 17.3 Å². The molecule has 2 aromatic carbocycles. The van der Waals surface area contributed by atoms with Crippen molar-refractivity contribution in [1.29, 1.82) is 0 Å². The number of amides is 2. The highest BCUT2D eigenvalue weighted by Crippen LogP contribution is 2.30.